The topological polar surface area (TPSA) is 0 Å². The lowest BCUT2D eigenvalue weighted by molar-refractivity contribution is 1.52. The highest BCUT2D eigenvalue weighted by Crippen LogP contribution is 2.57. The van der Waals surface area contributed by atoms with E-state index in [4.69, 9.17) is 10.7 Å². The van der Waals surface area contributed by atoms with Gasteiger partial charge in [0.25, 0.3) is 0 Å². The third-order valence-corrected chi connectivity index (χ3v) is 4.54. The summed E-state index contributed by atoms with van der Waals surface area (Å²) in [5, 5.41) is 4.18. The van der Waals surface area contributed by atoms with E-state index in [0.717, 1.165) is 5.75 Å². The Kier molecular flexibility index (Phi) is 1.68. The van der Waals surface area contributed by atoms with E-state index in [9.17, 15) is 0 Å². The van der Waals surface area contributed by atoms with Gasteiger partial charge in [-0.2, -0.15) is 0 Å². The molecule has 0 amide bonds. The highest BCUT2D eigenvalue weighted by Gasteiger charge is 2.11. The molecule has 0 fully saturated rings. The first-order chi connectivity index (χ1) is 3.77. The molecule has 0 atom stereocenters. The van der Waals surface area contributed by atoms with Gasteiger partial charge in [-0.15, -0.1) is 9.24 Å². The summed E-state index contributed by atoms with van der Waals surface area (Å²) in [5.41, 5.74) is 0. The van der Waals surface area contributed by atoms with Crippen molar-refractivity contribution in [2.45, 2.75) is 6.92 Å². The maximum absolute atomic E-state index is 6.06. The van der Waals surface area contributed by atoms with Gasteiger partial charge in [-0.3, -0.25) is 0 Å². The molecule has 8 heavy (non-hydrogen) atoms. The third-order valence-electron chi connectivity index (χ3n) is 1.16. The van der Waals surface area contributed by atoms with Gasteiger partial charge in [-0.1, -0.05) is 29.8 Å². The maximum atomic E-state index is 6.06. The molecule has 0 nitrogen and oxygen atoms in total. The van der Waals surface area contributed by atoms with Crippen molar-refractivity contribution in [3.63, 3.8) is 0 Å². The van der Waals surface area contributed by atoms with Gasteiger partial charge < -0.3 is 0 Å². The van der Waals surface area contributed by atoms with Crippen LogP contribution in [0, 0.1) is 0 Å². The van der Waals surface area contributed by atoms with Crippen molar-refractivity contribution >= 4 is 19.9 Å². The Labute approximate surface area is 56.0 Å². The summed E-state index contributed by atoms with van der Waals surface area (Å²) < 4.78 is 0. The fourth-order valence-corrected chi connectivity index (χ4v) is 2.13. The van der Waals surface area contributed by atoms with E-state index < -0.39 is 9.24 Å². The van der Waals surface area contributed by atoms with Crippen LogP contribution >= 0.6 is 19.9 Å². The van der Waals surface area contributed by atoms with E-state index >= 15 is 0 Å². The average molecular weight is 149 g/mol. The molecule has 0 aromatic carbocycles. The first kappa shape index (κ1) is 6.24. The predicted molar refractivity (Wildman–Crippen MR) is 42.3 cm³/mol. The number of hydrogen-bond donors (Lipinski definition) is 0. The smallest absolute Gasteiger partial charge is 0.00577 e. The molecular formula is C6H9ClS. The standard InChI is InChI=1S/C6H9ClS/c1-2-8(7)5-3-4-6-8/h3-6H,2H2,1H3. The van der Waals surface area contributed by atoms with Crippen LogP contribution in [0.4, 0.5) is 0 Å². The van der Waals surface area contributed by atoms with Gasteiger partial charge in [0, 0.05) is 0 Å². The Morgan fingerprint density at radius 1 is 1.38 bits per heavy atom. The van der Waals surface area contributed by atoms with Crippen molar-refractivity contribution in [2.24, 2.45) is 0 Å². The van der Waals surface area contributed by atoms with Crippen LogP contribution in [0.5, 0.6) is 0 Å². The zero-order valence-electron chi connectivity index (χ0n) is 4.80. The van der Waals surface area contributed by atoms with Crippen LogP contribution in [0.15, 0.2) is 23.0 Å². The van der Waals surface area contributed by atoms with Crippen LogP contribution in [0.3, 0.4) is 0 Å². The molecule has 2 heteroatoms. The second-order valence-corrected chi connectivity index (χ2v) is 6.06. The normalized spacial score (nSPS) is 26.2. The van der Waals surface area contributed by atoms with Crippen molar-refractivity contribution < 1.29 is 0 Å². The van der Waals surface area contributed by atoms with Crippen molar-refractivity contribution in [1.29, 1.82) is 0 Å². The highest BCUT2D eigenvalue weighted by atomic mass is 35.7. The molecule has 1 rings (SSSR count). The molecule has 0 aliphatic carbocycles. The minimum absolute atomic E-state index is 0.931. The van der Waals surface area contributed by atoms with E-state index in [1.54, 1.807) is 0 Å². The Balaban J connectivity index is 2.69. The third kappa shape index (κ3) is 1.09. The molecular weight excluding hydrogens is 140 g/mol. The molecule has 0 spiro atoms. The molecule has 1 heterocycles. The zero-order valence-corrected chi connectivity index (χ0v) is 6.38. The molecule has 0 radical (unpaired) electrons. The van der Waals surface area contributed by atoms with Crippen molar-refractivity contribution in [3.05, 3.63) is 23.0 Å². The van der Waals surface area contributed by atoms with Crippen LogP contribution < -0.4 is 0 Å². The molecule has 0 aromatic heterocycles. The monoisotopic (exact) mass is 148 g/mol. The minimum Gasteiger partial charge on any atom is -0.122 e. The first-order valence-electron chi connectivity index (χ1n) is 2.62. The number of hydrogen-bond acceptors (Lipinski definition) is 0. The summed E-state index contributed by atoms with van der Waals surface area (Å²) in [5.74, 6) is 1.06. The van der Waals surface area contributed by atoms with Gasteiger partial charge in [0.05, 0.1) is 0 Å². The van der Waals surface area contributed by atoms with Gasteiger partial charge in [0.1, 0.15) is 0 Å². The van der Waals surface area contributed by atoms with Crippen LogP contribution in [-0.4, -0.2) is 5.75 Å². The van der Waals surface area contributed by atoms with Crippen LogP contribution in [0.1, 0.15) is 6.92 Å². The number of allylic oxidation sites excluding steroid dienone is 2. The molecule has 0 saturated carbocycles. The van der Waals surface area contributed by atoms with E-state index in [2.05, 4.69) is 17.7 Å². The second kappa shape index (κ2) is 2.16. The fourth-order valence-electron chi connectivity index (χ4n) is 0.590. The van der Waals surface area contributed by atoms with Gasteiger partial charge in [0.15, 0.2) is 0 Å². The van der Waals surface area contributed by atoms with Gasteiger partial charge in [-0.05, 0) is 16.6 Å². The molecule has 1 aliphatic rings. The van der Waals surface area contributed by atoms with Crippen LogP contribution in [0.25, 0.3) is 0 Å². The summed E-state index contributed by atoms with van der Waals surface area (Å²) >= 11 is 0. The number of rotatable bonds is 1. The summed E-state index contributed by atoms with van der Waals surface area (Å²) in [4.78, 5) is 0. The highest BCUT2D eigenvalue weighted by molar-refractivity contribution is 8.55. The molecule has 1 aliphatic heterocycles. The lowest BCUT2D eigenvalue weighted by Gasteiger charge is -2.18. The lowest BCUT2D eigenvalue weighted by Crippen LogP contribution is -1.80. The first-order valence-corrected chi connectivity index (χ1v) is 5.38. The Hall–Kier alpha value is 0.120. The molecule has 0 unspecified atom stereocenters. The largest absolute Gasteiger partial charge is 0.122 e. The van der Waals surface area contributed by atoms with Crippen LogP contribution in [-0.2, 0) is 0 Å². The summed E-state index contributed by atoms with van der Waals surface area (Å²) in [7, 11) is 5.13. The molecule has 46 valence electrons. The van der Waals surface area contributed by atoms with Gasteiger partial charge in [-0.25, -0.2) is 0 Å². The van der Waals surface area contributed by atoms with Crippen LogP contribution in [0.2, 0.25) is 0 Å². The van der Waals surface area contributed by atoms with E-state index in [-0.39, 0.29) is 0 Å². The minimum atomic E-state index is -0.931. The van der Waals surface area contributed by atoms with Crippen molar-refractivity contribution in [2.75, 3.05) is 5.75 Å². The molecule has 0 N–H and O–H groups in total. The summed E-state index contributed by atoms with van der Waals surface area (Å²) in [6.45, 7) is 2.11. The average Bonchev–Trinajstić information content (AvgIpc) is 2.17. The van der Waals surface area contributed by atoms with Crippen molar-refractivity contribution in [1.82, 2.24) is 0 Å². The zero-order chi connectivity index (χ0) is 6.04. The Morgan fingerprint density at radius 3 is 2.12 bits per heavy atom. The second-order valence-electron chi connectivity index (χ2n) is 1.70. The van der Waals surface area contributed by atoms with E-state index in [0.29, 0.717) is 0 Å². The lowest BCUT2D eigenvalue weighted by atomic mass is 10.6. The van der Waals surface area contributed by atoms with E-state index in [1.807, 2.05) is 12.2 Å². The van der Waals surface area contributed by atoms with Crippen molar-refractivity contribution in [3.8, 4) is 0 Å². The Bertz CT molecular complexity index is 125. The summed E-state index contributed by atoms with van der Waals surface area (Å²) in [6, 6.07) is 0. The Morgan fingerprint density at radius 2 is 1.88 bits per heavy atom. The van der Waals surface area contributed by atoms with Gasteiger partial charge >= 0.3 is 0 Å². The predicted octanol–water partition coefficient (Wildman–Crippen LogP) is 3.01. The fraction of sp³-hybridized carbons (Fsp3) is 0.333. The van der Waals surface area contributed by atoms with Gasteiger partial charge in [0.2, 0.25) is 0 Å². The SMILES string of the molecule is CCS1(Cl)C=CC=C1. The maximum Gasteiger partial charge on any atom is -0.00577 e. The molecule has 0 saturated heterocycles. The molecule has 0 bridgehead atoms. The number of halogens is 1. The summed E-state index contributed by atoms with van der Waals surface area (Å²) in [6.07, 6.45) is 4.04. The van der Waals surface area contributed by atoms with E-state index in [1.165, 1.54) is 0 Å². The quantitative estimate of drug-likeness (QED) is 0.537. The molecule has 0 aromatic rings.